The van der Waals surface area contributed by atoms with E-state index in [-0.39, 0.29) is 23.8 Å². The van der Waals surface area contributed by atoms with Crippen molar-refractivity contribution in [2.24, 2.45) is 11.7 Å². The second kappa shape index (κ2) is 7.04. The molecule has 5 nitrogen and oxygen atoms in total. The molecule has 2 heterocycles. The van der Waals surface area contributed by atoms with Crippen LogP contribution in [-0.2, 0) is 9.59 Å². The predicted octanol–water partition coefficient (Wildman–Crippen LogP) is 1.51. The molecule has 0 bridgehead atoms. The molecule has 2 rings (SSSR count). The second-order valence-corrected chi connectivity index (χ2v) is 6.74. The fraction of sp³-hybridized carbons (Fsp3) is 0.600. The Hall–Kier alpha value is -1.40. The Morgan fingerprint density at radius 2 is 2.05 bits per heavy atom. The Morgan fingerprint density at radius 1 is 1.38 bits per heavy atom. The predicted molar refractivity (Wildman–Crippen MR) is 83.8 cm³/mol. The lowest BCUT2D eigenvalue weighted by molar-refractivity contribution is -0.135. The first-order valence-corrected chi connectivity index (χ1v) is 8.25. The van der Waals surface area contributed by atoms with Gasteiger partial charge < -0.3 is 16.0 Å². The van der Waals surface area contributed by atoms with E-state index in [9.17, 15) is 9.59 Å². The third-order valence-corrected chi connectivity index (χ3v) is 4.73. The number of carbonyl (C=O) groups is 2. The third-order valence-electron chi connectivity index (χ3n) is 3.78. The van der Waals surface area contributed by atoms with E-state index in [0.717, 1.165) is 17.7 Å². The van der Waals surface area contributed by atoms with Crippen LogP contribution in [-0.4, -0.2) is 35.8 Å². The van der Waals surface area contributed by atoms with Crippen molar-refractivity contribution in [1.29, 1.82) is 0 Å². The molecule has 1 aromatic heterocycles. The van der Waals surface area contributed by atoms with Gasteiger partial charge in [0.15, 0.2) is 0 Å². The summed E-state index contributed by atoms with van der Waals surface area (Å²) in [4.78, 5) is 26.8. The van der Waals surface area contributed by atoms with Crippen LogP contribution in [0.3, 0.4) is 0 Å². The molecule has 1 saturated heterocycles. The summed E-state index contributed by atoms with van der Waals surface area (Å²) in [5.41, 5.74) is 5.95. The van der Waals surface area contributed by atoms with Crippen LogP contribution < -0.4 is 11.1 Å². The van der Waals surface area contributed by atoms with Crippen molar-refractivity contribution in [1.82, 2.24) is 10.2 Å². The van der Waals surface area contributed by atoms with Crippen molar-refractivity contribution in [2.75, 3.05) is 13.1 Å². The van der Waals surface area contributed by atoms with Gasteiger partial charge in [-0.05, 0) is 24.3 Å². The lowest BCUT2D eigenvalue weighted by Gasteiger charge is -2.33. The van der Waals surface area contributed by atoms with E-state index in [1.54, 1.807) is 0 Å². The first-order chi connectivity index (χ1) is 9.99. The van der Waals surface area contributed by atoms with E-state index < -0.39 is 6.04 Å². The van der Waals surface area contributed by atoms with Gasteiger partial charge in [0.2, 0.25) is 11.8 Å². The highest BCUT2D eigenvalue weighted by molar-refractivity contribution is 7.10. The minimum absolute atomic E-state index is 0.0309. The summed E-state index contributed by atoms with van der Waals surface area (Å²) < 4.78 is 0. The highest BCUT2D eigenvalue weighted by Gasteiger charge is 2.26. The van der Waals surface area contributed by atoms with Crippen LogP contribution in [0.4, 0.5) is 0 Å². The average Bonchev–Trinajstić information content (AvgIpc) is 3.00. The largest absolute Gasteiger partial charge is 0.352 e. The van der Waals surface area contributed by atoms with Gasteiger partial charge in [-0.3, -0.25) is 9.59 Å². The summed E-state index contributed by atoms with van der Waals surface area (Å²) >= 11 is 1.49. The van der Waals surface area contributed by atoms with Crippen LogP contribution in [0.2, 0.25) is 0 Å². The van der Waals surface area contributed by atoms with Gasteiger partial charge in [0.05, 0.1) is 0 Å². The first kappa shape index (κ1) is 16.0. The topological polar surface area (TPSA) is 75.4 Å². The van der Waals surface area contributed by atoms with E-state index in [4.69, 9.17) is 5.73 Å². The van der Waals surface area contributed by atoms with E-state index in [1.165, 1.54) is 11.3 Å². The number of carbonyl (C=O) groups excluding carboxylic acids is 2. The number of likely N-dealkylation sites (tertiary alicyclic amines) is 1. The number of nitrogens with one attached hydrogen (secondary N) is 1. The fourth-order valence-electron chi connectivity index (χ4n) is 2.50. The number of piperidine rings is 1. The van der Waals surface area contributed by atoms with Crippen molar-refractivity contribution in [3.63, 3.8) is 0 Å². The Kier molecular flexibility index (Phi) is 5.36. The molecule has 0 spiro atoms. The summed E-state index contributed by atoms with van der Waals surface area (Å²) in [6.45, 7) is 5.24. The lowest BCUT2D eigenvalue weighted by atomic mass is 10.0. The highest BCUT2D eigenvalue weighted by atomic mass is 32.1. The highest BCUT2D eigenvalue weighted by Crippen LogP contribution is 2.18. The number of hydrogen-bond acceptors (Lipinski definition) is 4. The maximum Gasteiger partial charge on any atom is 0.242 e. The molecule has 3 N–H and O–H groups in total. The van der Waals surface area contributed by atoms with Crippen LogP contribution in [0.5, 0.6) is 0 Å². The molecule has 0 radical (unpaired) electrons. The summed E-state index contributed by atoms with van der Waals surface area (Å²) in [5.74, 6) is 0.0875. The number of amides is 2. The summed E-state index contributed by atoms with van der Waals surface area (Å²) in [5, 5.41) is 4.92. The number of rotatable bonds is 4. The third kappa shape index (κ3) is 4.04. The molecule has 2 amide bonds. The van der Waals surface area contributed by atoms with Crippen LogP contribution >= 0.6 is 11.3 Å². The maximum atomic E-state index is 12.1. The van der Waals surface area contributed by atoms with E-state index in [2.05, 4.69) is 5.32 Å². The molecule has 1 atom stereocenters. The lowest BCUT2D eigenvalue weighted by Crippen LogP contribution is -2.49. The zero-order valence-electron chi connectivity index (χ0n) is 12.5. The van der Waals surface area contributed by atoms with Crippen LogP contribution in [0, 0.1) is 5.92 Å². The van der Waals surface area contributed by atoms with Gasteiger partial charge in [-0.1, -0.05) is 19.9 Å². The zero-order valence-corrected chi connectivity index (χ0v) is 13.4. The van der Waals surface area contributed by atoms with Gasteiger partial charge in [0.25, 0.3) is 0 Å². The van der Waals surface area contributed by atoms with Gasteiger partial charge in [-0.2, -0.15) is 0 Å². The molecular weight excluding hydrogens is 286 g/mol. The second-order valence-electron chi connectivity index (χ2n) is 5.76. The van der Waals surface area contributed by atoms with Crippen LogP contribution in [0.1, 0.15) is 37.6 Å². The Balaban J connectivity index is 1.81. The monoisotopic (exact) mass is 309 g/mol. The Morgan fingerprint density at radius 3 is 2.57 bits per heavy atom. The SMILES string of the molecule is CC(C)C(=O)N1CCC(NC(=O)C(N)c2cccs2)CC1. The van der Waals surface area contributed by atoms with Crippen LogP contribution in [0.25, 0.3) is 0 Å². The molecule has 0 saturated carbocycles. The Bertz CT molecular complexity index is 479. The maximum absolute atomic E-state index is 12.1. The van der Waals surface area contributed by atoms with Gasteiger partial charge in [-0.25, -0.2) is 0 Å². The number of hydrogen-bond donors (Lipinski definition) is 2. The van der Waals surface area contributed by atoms with Gasteiger partial charge in [-0.15, -0.1) is 11.3 Å². The normalized spacial score (nSPS) is 17.8. The Labute approximate surface area is 129 Å². The molecule has 1 aromatic rings. The molecular formula is C15H23N3O2S. The quantitative estimate of drug-likeness (QED) is 0.885. The standard InChI is InChI=1S/C15H23N3O2S/c1-10(2)15(20)18-7-5-11(6-8-18)17-14(19)13(16)12-4-3-9-21-12/h3-4,9-11,13H,5-8,16H2,1-2H3,(H,17,19). The minimum Gasteiger partial charge on any atom is -0.352 e. The van der Waals surface area contributed by atoms with Crippen molar-refractivity contribution in [3.05, 3.63) is 22.4 Å². The average molecular weight is 309 g/mol. The molecule has 0 aromatic carbocycles. The van der Waals surface area contributed by atoms with Crippen molar-refractivity contribution >= 4 is 23.2 Å². The smallest absolute Gasteiger partial charge is 0.242 e. The van der Waals surface area contributed by atoms with Crippen molar-refractivity contribution in [3.8, 4) is 0 Å². The number of nitrogens with two attached hydrogens (primary N) is 1. The molecule has 1 aliphatic rings. The zero-order chi connectivity index (χ0) is 15.4. The number of nitrogens with zero attached hydrogens (tertiary/aromatic N) is 1. The molecule has 1 unspecified atom stereocenters. The van der Waals surface area contributed by atoms with E-state index >= 15 is 0 Å². The van der Waals surface area contributed by atoms with Crippen molar-refractivity contribution in [2.45, 2.75) is 38.8 Å². The van der Waals surface area contributed by atoms with Gasteiger partial charge in [0, 0.05) is 29.9 Å². The minimum atomic E-state index is -0.597. The fourth-order valence-corrected chi connectivity index (χ4v) is 3.22. The summed E-state index contributed by atoms with van der Waals surface area (Å²) in [6, 6.07) is 3.28. The van der Waals surface area contributed by atoms with Crippen molar-refractivity contribution < 1.29 is 9.59 Å². The molecule has 116 valence electrons. The summed E-state index contributed by atoms with van der Waals surface area (Å²) in [7, 11) is 0. The summed E-state index contributed by atoms with van der Waals surface area (Å²) in [6.07, 6.45) is 1.59. The van der Waals surface area contributed by atoms with Crippen LogP contribution in [0.15, 0.2) is 17.5 Å². The number of thiophene rings is 1. The molecule has 1 fully saturated rings. The van der Waals surface area contributed by atoms with E-state index in [0.29, 0.717) is 13.1 Å². The molecule has 6 heteroatoms. The molecule has 1 aliphatic heterocycles. The molecule has 21 heavy (non-hydrogen) atoms. The van der Waals surface area contributed by atoms with Gasteiger partial charge >= 0.3 is 0 Å². The van der Waals surface area contributed by atoms with E-state index in [1.807, 2.05) is 36.3 Å². The molecule has 0 aliphatic carbocycles. The first-order valence-electron chi connectivity index (χ1n) is 7.37. The van der Waals surface area contributed by atoms with Gasteiger partial charge in [0.1, 0.15) is 6.04 Å².